The molecule has 0 aliphatic carbocycles. The van der Waals surface area contributed by atoms with E-state index in [4.69, 9.17) is 18.0 Å². The second kappa shape index (κ2) is 7.23. The van der Waals surface area contributed by atoms with Crippen LogP contribution in [0, 0.1) is 6.92 Å². The van der Waals surface area contributed by atoms with E-state index < -0.39 is 10.0 Å². The largest absolute Gasteiger partial charge is 0.389 e. The van der Waals surface area contributed by atoms with Crippen molar-refractivity contribution in [2.24, 2.45) is 5.73 Å². The summed E-state index contributed by atoms with van der Waals surface area (Å²) in [6.45, 7) is 2.18. The standard InChI is InChI=1S/C12H18N2O2S3/c1-9-8-10(12(13)17)4-5-11(9)19(15,16)14-6-3-7-18-2/h4-5,8,14H,3,6-7H2,1-2H3,(H2,13,17). The minimum atomic E-state index is -3.46. The Labute approximate surface area is 124 Å². The van der Waals surface area contributed by atoms with E-state index >= 15 is 0 Å². The Morgan fingerprint density at radius 1 is 1.47 bits per heavy atom. The van der Waals surface area contributed by atoms with Crippen LogP contribution in [0.1, 0.15) is 17.5 Å². The predicted molar refractivity (Wildman–Crippen MR) is 85.3 cm³/mol. The van der Waals surface area contributed by atoms with Crippen LogP contribution in [0.5, 0.6) is 0 Å². The van der Waals surface area contributed by atoms with Crippen molar-refractivity contribution in [3.63, 3.8) is 0 Å². The highest BCUT2D eigenvalue weighted by Gasteiger charge is 2.16. The summed E-state index contributed by atoms with van der Waals surface area (Å²) >= 11 is 6.56. The first kappa shape index (κ1) is 16.4. The molecule has 19 heavy (non-hydrogen) atoms. The van der Waals surface area contributed by atoms with Crippen molar-refractivity contribution in [2.45, 2.75) is 18.2 Å². The first-order valence-corrected chi connectivity index (χ1v) is 9.06. The number of aryl methyl sites for hydroxylation is 1. The fourth-order valence-electron chi connectivity index (χ4n) is 1.60. The molecule has 0 saturated heterocycles. The average Bonchev–Trinajstić information content (AvgIpc) is 2.34. The van der Waals surface area contributed by atoms with E-state index in [2.05, 4.69) is 4.72 Å². The summed E-state index contributed by atoms with van der Waals surface area (Å²) < 4.78 is 26.8. The van der Waals surface area contributed by atoms with E-state index in [0.717, 1.165) is 12.2 Å². The Hall–Kier alpha value is -0.630. The molecule has 3 N–H and O–H groups in total. The van der Waals surface area contributed by atoms with Gasteiger partial charge in [-0.2, -0.15) is 11.8 Å². The van der Waals surface area contributed by atoms with E-state index in [-0.39, 0.29) is 9.88 Å². The van der Waals surface area contributed by atoms with Crippen molar-refractivity contribution in [2.75, 3.05) is 18.6 Å². The Morgan fingerprint density at radius 2 is 2.16 bits per heavy atom. The lowest BCUT2D eigenvalue weighted by atomic mass is 10.1. The van der Waals surface area contributed by atoms with Crippen LogP contribution in [0.15, 0.2) is 23.1 Å². The fourth-order valence-corrected chi connectivity index (χ4v) is 3.46. The smallest absolute Gasteiger partial charge is 0.240 e. The molecule has 0 amide bonds. The van der Waals surface area contributed by atoms with E-state index in [1.165, 1.54) is 0 Å². The van der Waals surface area contributed by atoms with E-state index in [9.17, 15) is 8.42 Å². The summed E-state index contributed by atoms with van der Waals surface area (Å²) in [5, 5.41) is 0. The third-order valence-electron chi connectivity index (χ3n) is 2.57. The average molecular weight is 318 g/mol. The van der Waals surface area contributed by atoms with Gasteiger partial charge in [-0.25, -0.2) is 13.1 Å². The minimum Gasteiger partial charge on any atom is -0.389 e. The van der Waals surface area contributed by atoms with Crippen LogP contribution >= 0.6 is 24.0 Å². The van der Waals surface area contributed by atoms with Gasteiger partial charge in [-0.3, -0.25) is 0 Å². The number of nitrogens with two attached hydrogens (primary N) is 1. The van der Waals surface area contributed by atoms with Crippen molar-refractivity contribution in [3.8, 4) is 0 Å². The van der Waals surface area contributed by atoms with Crippen LogP contribution in [0.25, 0.3) is 0 Å². The molecule has 0 unspecified atom stereocenters. The van der Waals surface area contributed by atoms with Crippen LogP contribution in [0.2, 0.25) is 0 Å². The lowest BCUT2D eigenvalue weighted by Gasteiger charge is -2.10. The number of nitrogens with one attached hydrogen (secondary N) is 1. The van der Waals surface area contributed by atoms with Crippen molar-refractivity contribution in [1.82, 2.24) is 4.72 Å². The second-order valence-electron chi connectivity index (χ2n) is 4.09. The Morgan fingerprint density at radius 3 is 2.68 bits per heavy atom. The molecule has 0 heterocycles. The fraction of sp³-hybridized carbons (Fsp3) is 0.417. The molecule has 1 rings (SSSR count). The summed E-state index contributed by atoms with van der Waals surface area (Å²) in [5.74, 6) is 0.932. The minimum absolute atomic E-state index is 0.264. The van der Waals surface area contributed by atoms with Gasteiger partial charge in [0, 0.05) is 12.1 Å². The molecule has 1 aromatic rings. The van der Waals surface area contributed by atoms with Gasteiger partial charge in [0.2, 0.25) is 10.0 Å². The zero-order valence-corrected chi connectivity index (χ0v) is 13.4. The Balaban J connectivity index is 2.87. The normalized spacial score (nSPS) is 11.5. The van der Waals surface area contributed by atoms with E-state index in [1.54, 1.807) is 36.9 Å². The van der Waals surface area contributed by atoms with Gasteiger partial charge >= 0.3 is 0 Å². The number of benzene rings is 1. The number of rotatable bonds is 7. The quantitative estimate of drug-likeness (QED) is 0.591. The first-order chi connectivity index (χ1) is 8.88. The highest BCUT2D eigenvalue weighted by Crippen LogP contribution is 2.16. The third kappa shape index (κ3) is 4.76. The van der Waals surface area contributed by atoms with Gasteiger partial charge in [0.1, 0.15) is 4.99 Å². The Bertz CT molecular complexity index is 556. The summed E-state index contributed by atoms with van der Waals surface area (Å²) in [5.41, 5.74) is 6.84. The molecular formula is C12H18N2O2S3. The molecule has 7 heteroatoms. The van der Waals surface area contributed by atoms with E-state index in [1.807, 2.05) is 6.26 Å². The molecule has 0 aromatic heterocycles. The molecule has 0 atom stereocenters. The SMILES string of the molecule is CSCCCNS(=O)(=O)c1ccc(C(N)=S)cc1C. The highest BCUT2D eigenvalue weighted by molar-refractivity contribution is 7.98. The van der Waals surface area contributed by atoms with Gasteiger partial charge in [0.25, 0.3) is 0 Å². The van der Waals surface area contributed by atoms with Crippen molar-refractivity contribution in [3.05, 3.63) is 29.3 Å². The van der Waals surface area contributed by atoms with Gasteiger partial charge in [-0.1, -0.05) is 18.3 Å². The van der Waals surface area contributed by atoms with Crippen molar-refractivity contribution in [1.29, 1.82) is 0 Å². The lowest BCUT2D eigenvalue weighted by molar-refractivity contribution is 0.580. The topological polar surface area (TPSA) is 72.2 Å². The van der Waals surface area contributed by atoms with Crippen LogP contribution in [0.3, 0.4) is 0 Å². The zero-order chi connectivity index (χ0) is 14.5. The third-order valence-corrected chi connectivity index (χ3v) is 5.12. The van der Waals surface area contributed by atoms with Gasteiger partial charge in [-0.05, 0) is 43.0 Å². The summed E-state index contributed by atoms with van der Waals surface area (Å²) in [7, 11) is -3.46. The summed E-state index contributed by atoms with van der Waals surface area (Å²) in [4.78, 5) is 0.539. The van der Waals surface area contributed by atoms with Crippen LogP contribution < -0.4 is 10.5 Å². The molecular weight excluding hydrogens is 300 g/mol. The predicted octanol–water partition coefficient (Wildman–Crippen LogP) is 1.66. The maximum absolute atomic E-state index is 12.1. The van der Waals surface area contributed by atoms with Gasteiger partial charge in [0.05, 0.1) is 4.90 Å². The van der Waals surface area contributed by atoms with Crippen LogP contribution in [0.4, 0.5) is 0 Å². The van der Waals surface area contributed by atoms with E-state index in [0.29, 0.717) is 17.7 Å². The zero-order valence-electron chi connectivity index (χ0n) is 11.0. The number of sulfonamides is 1. The van der Waals surface area contributed by atoms with Crippen LogP contribution in [-0.4, -0.2) is 32.0 Å². The number of hydrogen-bond acceptors (Lipinski definition) is 4. The molecule has 4 nitrogen and oxygen atoms in total. The first-order valence-electron chi connectivity index (χ1n) is 5.77. The number of hydrogen-bond donors (Lipinski definition) is 2. The number of thioether (sulfide) groups is 1. The number of thiocarbonyl (C=S) groups is 1. The maximum atomic E-state index is 12.1. The van der Waals surface area contributed by atoms with Crippen molar-refractivity contribution >= 4 is 39.0 Å². The molecule has 106 valence electrons. The highest BCUT2D eigenvalue weighted by atomic mass is 32.2. The summed E-state index contributed by atoms with van der Waals surface area (Å²) in [6, 6.07) is 4.87. The molecule has 0 aliphatic rings. The molecule has 0 fully saturated rings. The monoisotopic (exact) mass is 318 g/mol. The molecule has 1 aromatic carbocycles. The van der Waals surface area contributed by atoms with Crippen LogP contribution in [-0.2, 0) is 10.0 Å². The molecule has 0 spiro atoms. The Kier molecular flexibility index (Phi) is 6.25. The summed E-state index contributed by atoms with van der Waals surface area (Å²) in [6.07, 6.45) is 2.80. The van der Waals surface area contributed by atoms with Gasteiger partial charge in [0.15, 0.2) is 0 Å². The second-order valence-corrected chi connectivity index (χ2v) is 7.25. The van der Waals surface area contributed by atoms with Gasteiger partial charge < -0.3 is 5.73 Å². The lowest BCUT2D eigenvalue weighted by Crippen LogP contribution is -2.26. The molecule has 0 aliphatic heterocycles. The maximum Gasteiger partial charge on any atom is 0.240 e. The molecule has 0 radical (unpaired) electrons. The molecule has 0 saturated carbocycles. The molecule has 0 bridgehead atoms. The van der Waals surface area contributed by atoms with Gasteiger partial charge in [-0.15, -0.1) is 0 Å². The van der Waals surface area contributed by atoms with Crippen molar-refractivity contribution < 1.29 is 8.42 Å².